The third kappa shape index (κ3) is 5.16. The Kier molecular flexibility index (Phi) is 7.42. The lowest BCUT2D eigenvalue weighted by atomic mass is 9.88. The van der Waals surface area contributed by atoms with Gasteiger partial charge in [0, 0.05) is 9.90 Å². The predicted octanol–water partition coefficient (Wildman–Crippen LogP) is 5.81. The zero-order valence-electron chi connectivity index (χ0n) is 17.8. The van der Waals surface area contributed by atoms with Crippen LogP contribution < -0.4 is 10.1 Å². The molecule has 0 saturated heterocycles. The molecule has 0 aliphatic heterocycles. The molecule has 0 spiro atoms. The summed E-state index contributed by atoms with van der Waals surface area (Å²) in [5.41, 5.74) is 2.39. The number of halogens is 1. The molecule has 1 aliphatic rings. The van der Waals surface area contributed by atoms with Crippen LogP contribution in [0.4, 0.5) is 5.00 Å². The number of carbonyl (C=O) groups excluding carboxylic acids is 2. The van der Waals surface area contributed by atoms with Gasteiger partial charge in [0.1, 0.15) is 10.8 Å². The molecule has 5 nitrogen and oxygen atoms in total. The average molecular weight is 450 g/mol. The van der Waals surface area contributed by atoms with Gasteiger partial charge in [0.15, 0.2) is 6.10 Å². The quantitative estimate of drug-likeness (QED) is 0.542. The van der Waals surface area contributed by atoms with Crippen molar-refractivity contribution in [1.82, 2.24) is 0 Å². The smallest absolute Gasteiger partial charge is 0.341 e. The minimum atomic E-state index is -0.734. The minimum Gasteiger partial charge on any atom is -0.481 e. The van der Waals surface area contributed by atoms with Crippen LogP contribution in [0.15, 0.2) is 18.2 Å². The highest BCUT2D eigenvalue weighted by Gasteiger charge is 2.30. The van der Waals surface area contributed by atoms with Gasteiger partial charge < -0.3 is 14.8 Å². The van der Waals surface area contributed by atoms with Gasteiger partial charge in [0.25, 0.3) is 5.91 Å². The molecule has 1 N–H and O–H groups in total. The molecule has 0 bridgehead atoms. The molecule has 7 heteroatoms. The molecule has 2 atom stereocenters. The van der Waals surface area contributed by atoms with E-state index in [-0.39, 0.29) is 11.9 Å². The van der Waals surface area contributed by atoms with E-state index in [1.165, 1.54) is 11.3 Å². The number of anilines is 1. The summed E-state index contributed by atoms with van der Waals surface area (Å²) in [5, 5.41) is 4.09. The number of hydrogen-bond acceptors (Lipinski definition) is 5. The SMILES string of the molecule is CCCOC(=O)c1c(NC(=O)C(C)Oc2ccc(Cl)cc2C)sc2c1CCC(C)C2. The van der Waals surface area contributed by atoms with Gasteiger partial charge >= 0.3 is 5.97 Å². The fourth-order valence-corrected chi connectivity index (χ4v) is 5.15. The Morgan fingerprint density at radius 3 is 2.83 bits per heavy atom. The fraction of sp³-hybridized carbons (Fsp3) is 0.478. The maximum atomic E-state index is 12.9. The second kappa shape index (κ2) is 9.84. The molecule has 2 aromatic rings. The second-order valence-electron chi connectivity index (χ2n) is 7.85. The third-order valence-electron chi connectivity index (χ3n) is 5.20. The van der Waals surface area contributed by atoms with Crippen LogP contribution in [-0.2, 0) is 22.4 Å². The highest BCUT2D eigenvalue weighted by molar-refractivity contribution is 7.17. The van der Waals surface area contributed by atoms with E-state index in [9.17, 15) is 9.59 Å². The Morgan fingerprint density at radius 1 is 1.37 bits per heavy atom. The van der Waals surface area contributed by atoms with Crippen molar-refractivity contribution >= 4 is 39.8 Å². The number of amides is 1. The van der Waals surface area contributed by atoms with Gasteiger partial charge in [-0.25, -0.2) is 4.79 Å². The summed E-state index contributed by atoms with van der Waals surface area (Å²) in [6.07, 6.45) is 2.79. The Balaban J connectivity index is 1.80. The Morgan fingerprint density at radius 2 is 2.13 bits per heavy atom. The first kappa shape index (κ1) is 22.6. The maximum Gasteiger partial charge on any atom is 0.341 e. The molecule has 1 heterocycles. The lowest BCUT2D eigenvalue weighted by Crippen LogP contribution is -2.30. The summed E-state index contributed by atoms with van der Waals surface area (Å²) in [7, 11) is 0. The van der Waals surface area contributed by atoms with E-state index in [4.69, 9.17) is 21.1 Å². The number of aryl methyl sites for hydroxylation is 1. The molecule has 0 fully saturated rings. The summed E-state index contributed by atoms with van der Waals surface area (Å²) >= 11 is 7.47. The number of nitrogens with one attached hydrogen (secondary N) is 1. The lowest BCUT2D eigenvalue weighted by Gasteiger charge is -2.18. The molecule has 3 rings (SSSR count). The number of esters is 1. The van der Waals surface area contributed by atoms with Crippen molar-refractivity contribution in [2.24, 2.45) is 5.92 Å². The monoisotopic (exact) mass is 449 g/mol. The number of fused-ring (bicyclic) bond motifs is 1. The first-order valence-corrected chi connectivity index (χ1v) is 11.5. The van der Waals surface area contributed by atoms with Gasteiger partial charge in [-0.3, -0.25) is 4.79 Å². The summed E-state index contributed by atoms with van der Waals surface area (Å²) < 4.78 is 11.2. The van der Waals surface area contributed by atoms with Gasteiger partial charge in [-0.15, -0.1) is 11.3 Å². The van der Waals surface area contributed by atoms with Crippen LogP contribution in [0.1, 0.15) is 60.0 Å². The van der Waals surface area contributed by atoms with E-state index in [0.717, 1.165) is 41.7 Å². The van der Waals surface area contributed by atoms with Crippen LogP contribution >= 0.6 is 22.9 Å². The van der Waals surface area contributed by atoms with Crippen molar-refractivity contribution in [3.05, 3.63) is 44.8 Å². The van der Waals surface area contributed by atoms with Crippen LogP contribution in [0.3, 0.4) is 0 Å². The van der Waals surface area contributed by atoms with Crippen molar-refractivity contribution < 1.29 is 19.1 Å². The molecule has 1 aromatic carbocycles. The molecule has 2 unspecified atom stereocenters. The summed E-state index contributed by atoms with van der Waals surface area (Å²) in [6.45, 7) is 8.09. The van der Waals surface area contributed by atoms with E-state index in [2.05, 4.69) is 12.2 Å². The predicted molar refractivity (Wildman–Crippen MR) is 121 cm³/mol. The summed E-state index contributed by atoms with van der Waals surface area (Å²) in [6, 6.07) is 5.27. The van der Waals surface area contributed by atoms with E-state index >= 15 is 0 Å². The first-order valence-electron chi connectivity index (χ1n) is 10.4. The fourth-order valence-electron chi connectivity index (χ4n) is 3.52. The number of carbonyl (C=O) groups is 2. The van der Waals surface area contributed by atoms with Gasteiger partial charge in [-0.1, -0.05) is 25.4 Å². The minimum absolute atomic E-state index is 0.305. The maximum absolute atomic E-state index is 12.9. The second-order valence-corrected chi connectivity index (χ2v) is 9.39. The standard InChI is InChI=1S/C23H28ClNO4S/c1-5-10-28-23(27)20-17-8-6-13(2)11-19(17)30-22(20)25-21(26)15(4)29-18-9-7-16(24)12-14(18)3/h7,9,12-13,15H,5-6,8,10-11H2,1-4H3,(H,25,26). The van der Waals surface area contributed by atoms with Crippen molar-refractivity contribution in [3.8, 4) is 5.75 Å². The molecule has 162 valence electrons. The lowest BCUT2D eigenvalue weighted by molar-refractivity contribution is -0.122. The van der Waals surface area contributed by atoms with Crippen molar-refractivity contribution in [2.75, 3.05) is 11.9 Å². The highest BCUT2D eigenvalue weighted by Crippen LogP contribution is 2.40. The largest absolute Gasteiger partial charge is 0.481 e. The topological polar surface area (TPSA) is 64.6 Å². The van der Waals surface area contributed by atoms with Crippen LogP contribution in [0.5, 0.6) is 5.75 Å². The molecule has 30 heavy (non-hydrogen) atoms. The number of ether oxygens (including phenoxy) is 2. The molecular formula is C23H28ClNO4S. The Labute approximate surface area is 186 Å². The zero-order valence-corrected chi connectivity index (χ0v) is 19.4. The van der Waals surface area contributed by atoms with Crippen LogP contribution in [0.2, 0.25) is 5.02 Å². The van der Waals surface area contributed by atoms with Gasteiger partial charge in [0.05, 0.1) is 12.2 Å². The molecule has 1 amide bonds. The normalized spacial score (nSPS) is 16.5. The van der Waals surface area contributed by atoms with Crippen LogP contribution in [-0.4, -0.2) is 24.6 Å². The van der Waals surface area contributed by atoms with Crippen molar-refractivity contribution in [2.45, 2.75) is 59.5 Å². The number of thiophene rings is 1. The molecule has 1 aliphatic carbocycles. The van der Waals surface area contributed by atoms with E-state index in [0.29, 0.717) is 33.9 Å². The molecule has 0 saturated carbocycles. The average Bonchev–Trinajstić information content (AvgIpc) is 3.04. The van der Waals surface area contributed by atoms with E-state index in [1.54, 1.807) is 25.1 Å². The Bertz CT molecular complexity index is 940. The van der Waals surface area contributed by atoms with Crippen molar-refractivity contribution in [3.63, 3.8) is 0 Å². The summed E-state index contributed by atoms with van der Waals surface area (Å²) in [4.78, 5) is 26.8. The van der Waals surface area contributed by atoms with Crippen molar-refractivity contribution in [1.29, 1.82) is 0 Å². The van der Waals surface area contributed by atoms with E-state index in [1.807, 2.05) is 13.8 Å². The number of benzene rings is 1. The van der Waals surface area contributed by atoms with Crippen LogP contribution in [0.25, 0.3) is 0 Å². The highest BCUT2D eigenvalue weighted by atomic mass is 35.5. The van der Waals surface area contributed by atoms with Gasteiger partial charge in [-0.05, 0) is 74.8 Å². The van der Waals surface area contributed by atoms with Gasteiger partial charge in [-0.2, -0.15) is 0 Å². The van der Waals surface area contributed by atoms with Crippen LogP contribution in [0, 0.1) is 12.8 Å². The first-order chi connectivity index (χ1) is 14.3. The number of rotatable bonds is 7. The molecular weight excluding hydrogens is 422 g/mol. The molecule has 1 aromatic heterocycles. The zero-order chi connectivity index (χ0) is 21.8. The third-order valence-corrected chi connectivity index (χ3v) is 6.60. The Hall–Kier alpha value is -2.05. The number of hydrogen-bond donors (Lipinski definition) is 1. The van der Waals surface area contributed by atoms with Gasteiger partial charge in [0.2, 0.25) is 0 Å². The van der Waals surface area contributed by atoms with E-state index < -0.39 is 6.10 Å². The summed E-state index contributed by atoms with van der Waals surface area (Å²) in [5.74, 6) is 0.500. The molecule has 0 radical (unpaired) electrons.